The molecule has 1 aliphatic rings. The second-order valence-corrected chi connectivity index (χ2v) is 4.45. The summed E-state index contributed by atoms with van der Waals surface area (Å²) in [6.07, 6.45) is 0. The van der Waals surface area contributed by atoms with E-state index in [9.17, 15) is 9.59 Å². The van der Waals surface area contributed by atoms with E-state index in [0.717, 1.165) is 0 Å². The van der Waals surface area contributed by atoms with Crippen molar-refractivity contribution in [3.05, 3.63) is 35.4 Å². The minimum absolute atomic E-state index is 0.359. The second-order valence-electron chi connectivity index (χ2n) is 2.47. The Bertz CT molecular complexity index is 354. The standard InChI is InChI=1S/C8H4O3.CHCl3/c9-7-5-3-1-2-4-6(5)8(10)11-7;2-1(3)4/h1-4H;1H. The highest BCUT2D eigenvalue weighted by atomic mass is 35.6. The third kappa shape index (κ3) is 3.38. The Kier molecular flexibility index (Phi) is 4.39. The highest BCUT2D eigenvalue weighted by Crippen LogP contribution is 2.18. The quantitative estimate of drug-likeness (QED) is 0.412. The van der Waals surface area contributed by atoms with Crippen LogP contribution in [0.5, 0.6) is 0 Å². The molecule has 0 N–H and O–H groups in total. The molecule has 0 saturated heterocycles. The van der Waals surface area contributed by atoms with E-state index in [1.54, 1.807) is 24.3 Å². The first-order chi connectivity index (χ1) is 7.02. The first-order valence-electron chi connectivity index (χ1n) is 3.80. The Morgan fingerprint density at radius 1 is 0.933 bits per heavy atom. The van der Waals surface area contributed by atoms with Gasteiger partial charge in [-0.25, -0.2) is 9.59 Å². The van der Waals surface area contributed by atoms with Crippen LogP contribution in [-0.4, -0.2) is 16.2 Å². The van der Waals surface area contributed by atoms with Crippen LogP contribution >= 0.6 is 34.8 Å². The molecule has 0 aliphatic carbocycles. The molecule has 0 unspecified atom stereocenters. The van der Waals surface area contributed by atoms with Crippen molar-refractivity contribution < 1.29 is 14.3 Å². The van der Waals surface area contributed by atoms with Gasteiger partial charge in [0.2, 0.25) is 0 Å². The SMILES string of the molecule is ClC(Cl)Cl.O=C1OC(=O)c2ccccc21. The minimum atomic E-state index is -0.750. The Balaban J connectivity index is 0.000000245. The van der Waals surface area contributed by atoms with Crippen molar-refractivity contribution in [2.45, 2.75) is 4.30 Å². The maximum atomic E-state index is 10.8. The highest BCUT2D eigenvalue weighted by molar-refractivity contribution is 6.63. The molecule has 0 amide bonds. The van der Waals surface area contributed by atoms with Crippen LogP contribution in [0.4, 0.5) is 0 Å². The lowest BCUT2D eigenvalue weighted by molar-refractivity contribution is 0.0444. The maximum Gasteiger partial charge on any atom is 0.346 e. The Labute approximate surface area is 101 Å². The van der Waals surface area contributed by atoms with E-state index in [1.165, 1.54) is 0 Å². The molecule has 0 radical (unpaired) electrons. The van der Waals surface area contributed by atoms with Crippen molar-refractivity contribution in [1.82, 2.24) is 0 Å². The molecule has 1 aromatic carbocycles. The normalized spacial score (nSPS) is 13.1. The van der Waals surface area contributed by atoms with Crippen LogP contribution in [0, 0.1) is 0 Å². The summed E-state index contributed by atoms with van der Waals surface area (Å²) in [4.78, 5) is 21.7. The summed E-state index contributed by atoms with van der Waals surface area (Å²) in [5, 5.41) is 0. The zero-order chi connectivity index (χ0) is 11.4. The summed E-state index contributed by atoms with van der Waals surface area (Å²) in [6.45, 7) is 0. The van der Waals surface area contributed by atoms with Gasteiger partial charge in [-0.3, -0.25) is 0 Å². The summed E-state index contributed by atoms with van der Waals surface area (Å²) in [5.74, 6) is -1.10. The lowest BCUT2D eigenvalue weighted by Crippen LogP contribution is -1.96. The summed E-state index contributed by atoms with van der Waals surface area (Å²) in [6, 6.07) is 6.53. The van der Waals surface area contributed by atoms with E-state index in [1.807, 2.05) is 0 Å². The van der Waals surface area contributed by atoms with Gasteiger partial charge < -0.3 is 4.74 Å². The molecule has 6 heteroatoms. The predicted molar refractivity (Wildman–Crippen MR) is 57.5 cm³/mol. The number of fused-ring (bicyclic) bond motifs is 1. The molecule has 0 bridgehead atoms. The van der Waals surface area contributed by atoms with Gasteiger partial charge in [-0.05, 0) is 12.1 Å². The number of halogens is 3. The third-order valence-corrected chi connectivity index (χ3v) is 1.55. The predicted octanol–water partition coefficient (Wildman–Crippen LogP) is 2.98. The van der Waals surface area contributed by atoms with Crippen molar-refractivity contribution in [2.75, 3.05) is 0 Å². The van der Waals surface area contributed by atoms with Crippen molar-refractivity contribution in [3.8, 4) is 0 Å². The zero-order valence-electron chi connectivity index (χ0n) is 7.25. The van der Waals surface area contributed by atoms with Gasteiger partial charge in [0.25, 0.3) is 0 Å². The van der Waals surface area contributed by atoms with Crippen LogP contribution in [-0.2, 0) is 4.74 Å². The van der Waals surface area contributed by atoms with Crippen LogP contribution in [0.3, 0.4) is 0 Å². The number of benzene rings is 1. The molecule has 1 aliphatic heterocycles. The van der Waals surface area contributed by atoms with E-state index in [2.05, 4.69) is 4.74 Å². The van der Waals surface area contributed by atoms with Crippen LogP contribution in [0.25, 0.3) is 0 Å². The van der Waals surface area contributed by atoms with Gasteiger partial charge in [-0.15, -0.1) is 0 Å². The lowest BCUT2D eigenvalue weighted by Gasteiger charge is -1.86. The van der Waals surface area contributed by atoms with Gasteiger partial charge in [0.1, 0.15) is 0 Å². The van der Waals surface area contributed by atoms with Crippen molar-refractivity contribution >= 4 is 46.7 Å². The van der Waals surface area contributed by atoms with E-state index in [4.69, 9.17) is 34.8 Å². The van der Waals surface area contributed by atoms with Crippen LogP contribution in [0.15, 0.2) is 24.3 Å². The number of esters is 2. The average Bonchev–Trinajstić information content (AvgIpc) is 2.43. The number of carbonyl (C=O) groups is 2. The number of cyclic esters (lactones) is 2. The summed E-state index contributed by atoms with van der Waals surface area (Å²) in [7, 11) is 0. The summed E-state index contributed by atoms with van der Waals surface area (Å²) in [5.41, 5.74) is 0.718. The molecule has 1 heterocycles. The van der Waals surface area contributed by atoms with E-state index in [0.29, 0.717) is 11.1 Å². The average molecular weight is 267 g/mol. The molecule has 0 spiro atoms. The van der Waals surface area contributed by atoms with Gasteiger partial charge in [0.15, 0.2) is 4.30 Å². The second kappa shape index (κ2) is 5.35. The van der Waals surface area contributed by atoms with Crippen LogP contribution < -0.4 is 0 Å². The molecule has 15 heavy (non-hydrogen) atoms. The first-order valence-corrected chi connectivity index (χ1v) is 5.11. The fourth-order valence-corrected chi connectivity index (χ4v) is 1.03. The van der Waals surface area contributed by atoms with E-state index >= 15 is 0 Å². The number of rotatable bonds is 0. The van der Waals surface area contributed by atoms with Crippen molar-refractivity contribution in [3.63, 3.8) is 0 Å². The Hall–Kier alpha value is -0.770. The Morgan fingerprint density at radius 2 is 1.27 bits per heavy atom. The molecular formula is C9H5Cl3O3. The largest absolute Gasteiger partial charge is 0.386 e. The summed E-state index contributed by atoms with van der Waals surface area (Å²) < 4.78 is 3.60. The monoisotopic (exact) mass is 266 g/mol. The molecular weight excluding hydrogens is 262 g/mol. The Morgan fingerprint density at radius 3 is 1.60 bits per heavy atom. The molecule has 0 aromatic heterocycles. The fourth-order valence-electron chi connectivity index (χ4n) is 1.03. The van der Waals surface area contributed by atoms with Gasteiger partial charge in [0.05, 0.1) is 11.1 Å². The van der Waals surface area contributed by atoms with Gasteiger partial charge >= 0.3 is 11.9 Å². The number of hydrogen-bond donors (Lipinski definition) is 0. The molecule has 0 fully saturated rings. The zero-order valence-corrected chi connectivity index (χ0v) is 9.51. The lowest BCUT2D eigenvalue weighted by atomic mass is 10.1. The van der Waals surface area contributed by atoms with E-state index in [-0.39, 0.29) is 0 Å². The van der Waals surface area contributed by atoms with Crippen molar-refractivity contribution in [2.24, 2.45) is 0 Å². The molecule has 2 rings (SSSR count). The van der Waals surface area contributed by atoms with E-state index < -0.39 is 16.2 Å². The first kappa shape index (κ1) is 12.3. The minimum Gasteiger partial charge on any atom is -0.386 e. The molecule has 0 atom stereocenters. The highest BCUT2D eigenvalue weighted by Gasteiger charge is 2.28. The number of alkyl halides is 3. The van der Waals surface area contributed by atoms with Gasteiger partial charge in [-0.2, -0.15) is 0 Å². The number of hydrogen-bond acceptors (Lipinski definition) is 3. The van der Waals surface area contributed by atoms with Crippen LogP contribution in [0.1, 0.15) is 20.7 Å². The molecule has 3 nitrogen and oxygen atoms in total. The number of ether oxygens (including phenoxy) is 1. The smallest absolute Gasteiger partial charge is 0.346 e. The van der Waals surface area contributed by atoms with Crippen LogP contribution in [0.2, 0.25) is 0 Å². The topological polar surface area (TPSA) is 43.4 Å². The molecule has 1 aromatic rings. The maximum absolute atomic E-state index is 10.8. The van der Waals surface area contributed by atoms with Crippen molar-refractivity contribution in [1.29, 1.82) is 0 Å². The van der Waals surface area contributed by atoms with Gasteiger partial charge in [0, 0.05) is 0 Å². The fraction of sp³-hybridized carbons (Fsp3) is 0.111. The molecule has 80 valence electrons. The van der Waals surface area contributed by atoms with Gasteiger partial charge in [-0.1, -0.05) is 46.9 Å². The third-order valence-electron chi connectivity index (χ3n) is 1.55. The number of carbonyl (C=O) groups excluding carboxylic acids is 2. The molecule has 0 saturated carbocycles. The summed E-state index contributed by atoms with van der Waals surface area (Å²) >= 11 is 14.4.